The predicted molar refractivity (Wildman–Crippen MR) is 101 cm³/mol. The summed E-state index contributed by atoms with van der Waals surface area (Å²) in [5.41, 5.74) is 2.05. The highest BCUT2D eigenvalue weighted by Crippen LogP contribution is 2.30. The minimum atomic E-state index is -0.387. The molecule has 0 saturated heterocycles. The molecule has 3 rings (SSSR count). The largest absolute Gasteiger partial charge is 0.488 e. The van der Waals surface area contributed by atoms with E-state index in [1.54, 1.807) is 6.07 Å². The van der Waals surface area contributed by atoms with Crippen molar-refractivity contribution in [3.8, 4) is 11.5 Å². The number of hydrogen-bond acceptors (Lipinski definition) is 2. The van der Waals surface area contributed by atoms with Crippen LogP contribution < -0.4 is 9.47 Å². The van der Waals surface area contributed by atoms with Crippen LogP contribution in [0.3, 0.4) is 0 Å². The smallest absolute Gasteiger partial charge is 0.166 e. The first-order chi connectivity index (χ1) is 11.7. The topological polar surface area (TPSA) is 18.5 Å². The lowest BCUT2D eigenvalue weighted by Gasteiger charge is -2.12. The molecule has 0 heterocycles. The molecule has 24 heavy (non-hydrogen) atoms. The molecular weight excluding hydrogens is 418 g/mol. The van der Waals surface area contributed by atoms with Gasteiger partial charge in [-0.3, -0.25) is 0 Å². The van der Waals surface area contributed by atoms with Crippen LogP contribution in [0.2, 0.25) is 0 Å². The van der Waals surface area contributed by atoms with E-state index in [1.165, 1.54) is 6.07 Å². The highest BCUT2D eigenvalue weighted by molar-refractivity contribution is 14.1. The van der Waals surface area contributed by atoms with E-state index in [2.05, 4.69) is 22.6 Å². The Balaban J connectivity index is 1.71. The molecule has 0 aliphatic carbocycles. The third kappa shape index (κ3) is 4.47. The second-order valence-corrected chi connectivity index (χ2v) is 6.42. The van der Waals surface area contributed by atoms with Crippen molar-refractivity contribution in [2.24, 2.45) is 0 Å². The van der Waals surface area contributed by atoms with E-state index in [0.717, 1.165) is 11.1 Å². The lowest BCUT2D eigenvalue weighted by molar-refractivity contribution is 0.277. The van der Waals surface area contributed by atoms with E-state index in [-0.39, 0.29) is 11.6 Å². The molecule has 0 amide bonds. The van der Waals surface area contributed by atoms with Crippen LogP contribution in [0.4, 0.5) is 4.39 Å². The minimum Gasteiger partial charge on any atom is -0.488 e. The number of ether oxygens (including phenoxy) is 2. The molecule has 0 aliphatic rings. The molecule has 0 spiro atoms. The second kappa shape index (κ2) is 8.15. The molecule has 3 aromatic carbocycles. The van der Waals surface area contributed by atoms with E-state index in [4.69, 9.17) is 9.47 Å². The molecule has 0 bridgehead atoms. The van der Waals surface area contributed by atoms with Crippen molar-refractivity contribution in [1.82, 2.24) is 0 Å². The fraction of sp³-hybridized carbons (Fsp3) is 0.100. The van der Waals surface area contributed by atoms with E-state index >= 15 is 0 Å². The van der Waals surface area contributed by atoms with Crippen LogP contribution in [-0.4, -0.2) is 0 Å². The van der Waals surface area contributed by atoms with E-state index in [9.17, 15) is 4.39 Å². The molecule has 4 heteroatoms. The Hall–Kier alpha value is -2.08. The number of benzene rings is 3. The Kier molecular flexibility index (Phi) is 5.69. The lowest BCUT2D eigenvalue weighted by Crippen LogP contribution is -2.01. The fourth-order valence-corrected chi connectivity index (χ4v) is 2.79. The molecule has 0 atom stereocenters. The Morgan fingerprint density at radius 2 is 1.21 bits per heavy atom. The van der Waals surface area contributed by atoms with Crippen molar-refractivity contribution in [1.29, 1.82) is 0 Å². The lowest BCUT2D eigenvalue weighted by atomic mass is 10.2. The van der Waals surface area contributed by atoms with Crippen LogP contribution in [0.5, 0.6) is 11.5 Å². The number of rotatable bonds is 6. The van der Waals surface area contributed by atoms with Gasteiger partial charge in [0.1, 0.15) is 19.0 Å². The summed E-state index contributed by atoms with van der Waals surface area (Å²) in [7, 11) is 0. The van der Waals surface area contributed by atoms with Crippen molar-refractivity contribution < 1.29 is 13.9 Å². The van der Waals surface area contributed by atoms with Gasteiger partial charge in [0.2, 0.25) is 0 Å². The second-order valence-electron chi connectivity index (χ2n) is 5.26. The summed E-state index contributed by atoms with van der Waals surface area (Å²) in [6, 6.07) is 22.6. The molecule has 0 unspecified atom stereocenters. The van der Waals surface area contributed by atoms with Crippen LogP contribution in [0.15, 0.2) is 72.8 Å². The maximum Gasteiger partial charge on any atom is 0.166 e. The van der Waals surface area contributed by atoms with Crippen molar-refractivity contribution in [3.05, 3.63) is 93.3 Å². The van der Waals surface area contributed by atoms with Crippen molar-refractivity contribution in [2.45, 2.75) is 13.2 Å². The zero-order valence-electron chi connectivity index (χ0n) is 12.9. The average molecular weight is 434 g/mol. The van der Waals surface area contributed by atoms with Gasteiger partial charge in [0.15, 0.2) is 11.6 Å². The maximum absolute atomic E-state index is 14.1. The van der Waals surface area contributed by atoms with Crippen molar-refractivity contribution in [2.75, 3.05) is 0 Å². The molecular formula is C20H16FIO2. The fourth-order valence-electron chi connectivity index (χ4n) is 2.20. The third-order valence-corrected chi connectivity index (χ3v) is 4.30. The summed E-state index contributed by atoms with van der Waals surface area (Å²) < 4.78 is 26.3. The van der Waals surface area contributed by atoms with Crippen molar-refractivity contribution >= 4 is 22.6 Å². The zero-order valence-corrected chi connectivity index (χ0v) is 15.1. The average Bonchev–Trinajstić information content (AvgIpc) is 2.62. The van der Waals surface area contributed by atoms with Crippen LogP contribution in [0, 0.1) is 9.39 Å². The van der Waals surface area contributed by atoms with Gasteiger partial charge in [0.25, 0.3) is 0 Å². The molecule has 0 radical (unpaired) electrons. The summed E-state index contributed by atoms with van der Waals surface area (Å²) in [6.07, 6.45) is 0. The molecule has 3 aromatic rings. The first-order valence-electron chi connectivity index (χ1n) is 7.55. The summed E-state index contributed by atoms with van der Waals surface area (Å²) in [5.74, 6) is 0.425. The van der Waals surface area contributed by atoms with Gasteiger partial charge in [-0.1, -0.05) is 60.7 Å². The highest BCUT2D eigenvalue weighted by atomic mass is 127. The Bertz CT molecular complexity index is 727. The number of hydrogen-bond donors (Lipinski definition) is 0. The molecule has 0 aliphatic heterocycles. The van der Waals surface area contributed by atoms with Gasteiger partial charge in [-0.25, -0.2) is 4.39 Å². The Morgan fingerprint density at radius 1 is 0.708 bits per heavy atom. The summed E-state index contributed by atoms with van der Waals surface area (Å²) in [6.45, 7) is 0.747. The normalized spacial score (nSPS) is 10.4. The van der Waals surface area contributed by atoms with Gasteiger partial charge in [0.05, 0.1) is 3.57 Å². The first kappa shape index (κ1) is 16.8. The van der Waals surface area contributed by atoms with E-state index < -0.39 is 0 Å². The van der Waals surface area contributed by atoms with Crippen LogP contribution in [0.1, 0.15) is 11.1 Å². The third-order valence-electron chi connectivity index (χ3n) is 3.46. The zero-order chi connectivity index (χ0) is 16.8. The predicted octanol–water partition coefficient (Wildman–Crippen LogP) is 5.59. The molecule has 0 N–H and O–H groups in total. The van der Waals surface area contributed by atoms with E-state index in [0.29, 0.717) is 22.5 Å². The van der Waals surface area contributed by atoms with Gasteiger partial charge < -0.3 is 9.47 Å². The quantitative estimate of drug-likeness (QED) is 0.471. The molecule has 0 aromatic heterocycles. The SMILES string of the molecule is Fc1cc(I)c(OCc2ccccc2)cc1OCc1ccccc1. The minimum absolute atomic E-state index is 0.197. The first-order valence-corrected chi connectivity index (χ1v) is 8.63. The number of halogens is 2. The van der Waals surface area contributed by atoms with Crippen LogP contribution in [0.25, 0.3) is 0 Å². The van der Waals surface area contributed by atoms with Gasteiger partial charge >= 0.3 is 0 Å². The Labute approximate surface area is 154 Å². The molecule has 0 saturated carbocycles. The van der Waals surface area contributed by atoms with Crippen LogP contribution >= 0.6 is 22.6 Å². The van der Waals surface area contributed by atoms with E-state index in [1.807, 2.05) is 60.7 Å². The van der Waals surface area contributed by atoms with Crippen LogP contribution in [-0.2, 0) is 13.2 Å². The van der Waals surface area contributed by atoms with Crippen molar-refractivity contribution in [3.63, 3.8) is 0 Å². The maximum atomic E-state index is 14.1. The molecule has 122 valence electrons. The monoisotopic (exact) mass is 434 g/mol. The van der Waals surface area contributed by atoms with Gasteiger partial charge in [-0.15, -0.1) is 0 Å². The summed E-state index contributed by atoms with van der Waals surface area (Å²) in [5, 5.41) is 0. The molecule has 0 fully saturated rings. The Morgan fingerprint density at radius 3 is 1.75 bits per heavy atom. The summed E-state index contributed by atoms with van der Waals surface area (Å²) >= 11 is 2.06. The molecule has 2 nitrogen and oxygen atoms in total. The van der Waals surface area contributed by atoms with Gasteiger partial charge in [-0.05, 0) is 39.8 Å². The highest BCUT2D eigenvalue weighted by Gasteiger charge is 2.11. The van der Waals surface area contributed by atoms with Gasteiger partial charge in [-0.2, -0.15) is 0 Å². The summed E-state index contributed by atoms with van der Waals surface area (Å²) in [4.78, 5) is 0. The standard InChI is InChI=1S/C20H16FIO2/c21-17-11-18(22)20(24-14-16-9-5-2-6-10-16)12-19(17)23-13-15-7-3-1-4-8-15/h1-12H,13-14H2. The van der Waals surface area contributed by atoms with Gasteiger partial charge in [0, 0.05) is 6.07 Å².